The Kier molecular flexibility index (Phi) is 8.30. The number of benzene rings is 3. The average molecular weight is 589 g/mol. The number of carbonyl (C=O) groups excluding carboxylic acids is 1. The first-order chi connectivity index (χ1) is 17.4. The number of rotatable bonds is 8. The molecular weight excluding hydrogens is 569 g/mol. The van der Waals surface area contributed by atoms with Gasteiger partial charge in [0.1, 0.15) is 35.1 Å². The summed E-state index contributed by atoms with van der Waals surface area (Å²) in [5.41, 5.74) is 5.27. The van der Waals surface area contributed by atoms with Crippen molar-refractivity contribution >= 4 is 51.3 Å². The maximum absolute atomic E-state index is 12.9. The van der Waals surface area contributed by atoms with Crippen molar-refractivity contribution in [1.29, 1.82) is 0 Å². The van der Waals surface area contributed by atoms with Crippen LogP contribution in [0.15, 0.2) is 74.8 Å². The summed E-state index contributed by atoms with van der Waals surface area (Å²) in [5.74, 6) is 1.19. The molecule has 1 heterocycles. The van der Waals surface area contributed by atoms with Crippen LogP contribution in [0.4, 0.5) is 0 Å². The number of methoxy groups -OCH3 is 1. The van der Waals surface area contributed by atoms with Gasteiger partial charge in [-0.1, -0.05) is 46.6 Å². The summed E-state index contributed by atoms with van der Waals surface area (Å²) in [6, 6.07) is 17.9. The summed E-state index contributed by atoms with van der Waals surface area (Å²) in [6.07, 6.45) is 1.52. The van der Waals surface area contributed by atoms with Crippen LogP contribution in [0.2, 0.25) is 10.0 Å². The Morgan fingerprint density at radius 3 is 2.67 bits per heavy atom. The van der Waals surface area contributed by atoms with E-state index in [0.717, 1.165) is 15.6 Å². The molecule has 0 bridgehead atoms. The highest BCUT2D eigenvalue weighted by molar-refractivity contribution is 9.10. The number of halogens is 3. The first-order valence-electron chi connectivity index (χ1n) is 10.7. The molecule has 0 saturated carbocycles. The quantitative estimate of drug-likeness (QED) is 0.176. The number of carbonyl (C=O) groups is 1. The van der Waals surface area contributed by atoms with E-state index in [2.05, 4.69) is 31.6 Å². The third-order valence-corrected chi connectivity index (χ3v) is 6.36. The van der Waals surface area contributed by atoms with Crippen LogP contribution < -0.4 is 14.9 Å². The monoisotopic (exact) mass is 587 g/mol. The molecule has 0 aliphatic carbocycles. The lowest BCUT2D eigenvalue weighted by atomic mass is 10.1. The second-order valence-electron chi connectivity index (χ2n) is 7.58. The van der Waals surface area contributed by atoms with E-state index in [4.69, 9.17) is 37.2 Å². The molecule has 1 amide bonds. The number of ether oxygens (including phenoxy) is 2. The topological polar surface area (TPSA) is 86.0 Å². The van der Waals surface area contributed by atoms with Crippen LogP contribution in [-0.2, 0) is 6.61 Å². The minimum absolute atomic E-state index is 0.249. The van der Waals surface area contributed by atoms with Crippen LogP contribution >= 0.6 is 39.1 Å². The number of nitrogens with one attached hydrogen (secondary N) is 1. The molecule has 0 atom stereocenters. The summed E-state index contributed by atoms with van der Waals surface area (Å²) in [4.78, 5) is 12.9. The standard InChI is InChI=1S/C26H20BrCl2N3O4/c1-15-24(25(32-36-15)19-5-3-4-6-21(19)29)26(33)31-30-13-16-7-9-22(34-2)17(11-16)14-35-23-10-8-18(28)12-20(23)27/h3-13H,14H2,1-2H3,(H,31,33). The van der Waals surface area contributed by atoms with Crippen molar-refractivity contribution in [3.05, 3.63) is 97.6 Å². The molecule has 0 unspecified atom stereocenters. The van der Waals surface area contributed by atoms with Crippen LogP contribution in [0.1, 0.15) is 27.2 Å². The summed E-state index contributed by atoms with van der Waals surface area (Å²) in [5, 5.41) is 9.18. The van der Waals surface area contributed by atoms with Crippen molar-refractivity contribution in [2.24, 2.45) is 5.10 Å². The van der Waals surface area contributed by atoms with Crippen molar-refractivity contribution in [2.75, 3.05) is 7.11 Å². The molecule has 0 fully saturated rings. The molecule has 0 radical (unpaired) electrons. The molecule has 4 rings (SSSR count). The van der Waals surface area contributed by atoms with Gasteiger partial charge >= 0.3 is 0 Å². The van der Waals surface area contributed by atoms with Gasteiger partial charge in [0, 0.05) is 16.1 Å². The van der Waals surface area contributed by atoms with Gasteiger partial charge in [-0.05, 0) is 70.9 Å². The Hall–Kier alpha value is -3.33. The number of aryl methyl sites for hydroxylation is 1. The van der Waals surface area contributed by atoms with Gasteiger partial charge < -0.3 is 14.0 Å². The fourth-order valence-electron chi connectivity index (χ4n) is 3.44. The lowest BCUT2D eigenvalue weighted by molar-refractivity contribution is 0.0954. The zero-order valence-electron chi connectivity index (χ0n) is 19.2. The fraction of sp³-hybridized carbons (Fsp3) is 0.115. The number of hydrazone groups is 1. The Morgan fingerprint density at radius 1 is 1.14 bits per heavy atom. The Labute approximate surface area is 226 Å². The molecule has 4 aromatic rings. The zero-order valence-corrected chi connectivity index (χ0v) is 22.3. The third-order valence-electron chi connectivity index (χ3n) is 5.18. The summed E-state index contributed by atoms with van der Waals surface area (Å²) in [7, 11) is 1.59. The Balaban J connectivity index is 1.48. The van der Waals surface area contributed by atoms with E-state index in [9.17, 15) is 4.79 Å². The minimum Gasteiger partial charge on any atom is -0.496 e. The molecule has 0 aliphatic heterocycles. The molecule has 0 aliphatic rings. The minimum atomic E-state index is -0.468. The van der Waals surface area contributed by atoms with E-state index < -0.39 is 5.91 Å². The number of nitrogens with zero attached hydrogens (tertiary/aromatic N) is 2. The molecule has 1 aromatic heterocycles. The van der Waals surface area contributed by atoms with Crippen LogP contribution in [-0.4, -0.2) is 24.4 Å². The molecule has 7 nitrogen and oxygen atoms in total. The summed E-state index contributed by atoms with van der Waals surface area (Å²) in [6.45, 7) is 1.90. The number of aromatic nitrogens is 1. The van der Waals surface area contributed by atoms with E-state index in [-0.39, 0.29) is 12.2 Å². The highest BCUT2D eigenvalue weighted by Crippen LogP contribution is 2.31. The van der Waals surface area contributed by atoms with E-state index >= 15 is 0 Å². The smallest absolute Gasteiger partial charge is 0.277 e. The SMILES string of the molecule is COc1ccc(C=NNC(=O)c2c(-c3ccccc3Cl)noc2C)cc1COc1ccc(Cl)cc1Br. The zero-order chi connectivity index (χ0) is 25.7. The predicted octanol–water partition coefficient (Wildman–Crippen LogP) is 7.07. The number of hydrogen-bond donors (Lipinski definition) is 1. The van der Waals surface area contributed by atoms with E-state index in [1.807, 2.05) is 18.2 Å². The van der Waals surface area contributed by atoms with Crippen LogP contribution in [0.3, 0.4) is 0 Å². The van der Waals surface area contributed by atoms with E-state index in [1.54, 1.807) is 56.5 Å². The Morgan fingerprint density at radius 2 is 1.92 bits per heavy atom. The largest absolute Gasteiger partial charge is 0.496 e. The summed E-state index contributed by atoms with van der Waals surface area (Å²) >= 11 is 15.7. The van der Waals surface area contributed by atoms with Gasteiger partial charge in [0.05, 0.1) is 22.8 Å². The molecule has 0 spiro atoms. The molecule has 184 valence electrons. The van der Waals surface area contributed by atoms with Crippen molar-refractivity contribution < 1.29 is 18.8 Å². The van der Waals surface area contributed by atoms with Crippen molar-refractivity contribution in [2.45, 2.75) is 13.5 Å². The van der Waals surface area contributed by atoms with Gasteiger partial charge in [0.25, 0.3) is 5.91 Å². The van der Waals surface area contributed by atoms with Crippen LogP contribution in [0, 0.1) is 6.92 Å². The van der Waals surface area contributed by atoms with Gasteiger partial charge in [-0.3, -0.25) is 4.79 Å². The van der Waals surface area contributed by atoms with Crippen LogP contribution in [0.5, 0.6) is 11.5 Å². The first-order valence-corrected chi connectivity index (χ1v) is 12.2. The van der Waals surface area contributed by atoms with Crippen LogP contribution in [0.25, 0.3) is 11.3 Å². The van der Waals surface area contributed by atoms with Gasteiger partial charge in [-0.25, -0.2) is 5.43 Å². The average Bonchev–Trinajstić information content (AvgIpc) is 3.25. The normalized spacial score (nSPS) is 11.0. The van der Waals surface area contributed by atoms with Gasteiger partial charge in [0.2, 0.25) is 0 Å². The molecule has 10 heteroatoms. The fourth-order valence-corrected chi connectivity index (χ4v) is 4.46. The lowest BCUT2D eigenvalue weighted by Gasteiger charge is -2.12. The number of amides is 1. The molecule has 1 N–H and O–H groups in total. The predicted molar refractivity (Wildman–Crippen MR) is 143 cm³/mol. The molecular formula is C26H20BrCl2N3O4. The number of hydrogen-bond acceptors (Lipinski definition) is 6. The molecule has 36 heavy (non-hydrogen) atoms. The maximum Gasteiger partial charge on any atom is 0.277 e. The van der Waals surface area contributed by atoms with Gasteiger partial charge in [-0.15, -0.1) is 0 Å². The van der Waals surface area contributed by atoms with E-state index in [1.165, 1.54) is 6.21 Å². The van der Waals surface area contributed by atoms with Gasteiger partial charge in [-0.2, -0.15) is 5.10 Å². The lowest BCUT2D eigenvalue weighted by Crippen LogP contribution is -2.19. The molecule has 3 aromatic carbocycles. The van der Waals surface area contributed by atoms with Crippen molar-refractivity contribution in [3.8, 4) is 22.8 Å². The highest BCUT2D eigenvalue weighted by atomic mass is 79.9. The van der Waals surface area contributed by atoms with Crippen molar-refractivity contribution in [3.63, 3.8) is 0 Å². The first kappa shape index (κ1) is 25.8. The van der Waals surface area contributed by atoms with Crippen molar-refractivity contribution in [1.82, 2.24) is 10.6 Å². The highest BCUT2D eigenvalue weighted by Gasteiger charge is 2.22. The van der Waals surface area contributed by atoms with E-state index in [0.29, 0.717) is 38.6 Å². The second-order valence-corrected chi connectivity index (χ2v) is 9.27. The van der Waals surface area contributed by atoms with Gasteiger partial charge in [0.15, 0.2) is 0 Å². The summed E-state index contributed by atoms with van der Waals surface area (Å²) < 4.78 is 17.4. The Bertz CT molecular complexity index is 1440. The third kappa shape index (κ3) is 5.90. The second kappa shape index (κ2) is 11.6. The molecule has 0 saturated heterocycles. The maximum atomic E-state index is 12.9.